The van der Waals surface area contributed by atoms with Gasteiger partial charge in [0.2, 0.25) is 5.95 Å². The lowest BCUT2D eigenvalue weighted by Gasteiger charge is -2.17. The summed E-state index contributed by atoms with van der Waals surface area (Å²) >= 11 is 0. The molecular weight excluding hydrogens is 366 g/mol. The van der Waals surface area contributed by atoms with E-state index in [0.29, 0.717) is 24.7 Å². The molecule has 28 heavy (non-hydrogen) atoms. The van der Waals surface area contributed by atoms with Crippen LogP contribution < -0.4 is 10.2 Å². The van der Waals surface area contributed by atoms with Crippen LogP contribution in [0.25, 0.3) is 0 Å². The number of nitrogens with one attached hydrogen (secondary N) is 1. The monoisotopic (exact) mass is 387 g/mol. The number of carbonyl (C=O) groups excluding carboxylic acids is 2. The van der Waals surface area contributed by atoms with Gasteiger partial charge in [0.1, 0.15) is 0 Å². The largest absolute Gasteiger partial charge is 0.483 e. The SMILES string of the molecule is COC(=O)c1cc(C)nc(Nc2cccc(N3CCN(C)C3=O)c2)n1.O=CO. The van der Waals surface area contributed by atoms with Crippen molar-refractivity contribution in [1.29, 1.82) is 0 Å². The minimum atomic E-state index is -0.520. The smallest absolute Gasteiger partial charge is 0.356 e. The van der Waals surface area contributed by atoms with Crippen LogP contribution in [0.2, 0.25) is 0 Å². The van der Waals surface area contributed by atoms with E-state index in [2.05, 4.69) is 15.3 Å². The predicted molar refractivity (Wildman–Crippen MR) is 102 cm³/mol. The van der Waals surface area contributed by atoms with Crippen molar-refractivity contribution in [3.05, 3.63) is 41.7 Å². The van der Waals surface area contributed by atoms with E-state index in [4.69, 9.17) is 14.6 Å². The second-order valence-electron chi connectivity index (χ2n) is 5.85. The van der Waals surface area contributed by atoms with Gasteiger partial charge in [0.25, 0.3) is 6.47 Å². The van der Waals surface area contributed by atoms with E-state index in [9.17, 15) is 9.59 Å². The van der Waals surface area contributed by atoms with Crippen molar-refractivity contribution in [3.8, 4) is 0 Å². The van der Waals surface area contributed by atoms with Crippen molar-refractivity contribution in [1.82, 2.24) is 14.9 Å². The van der Waals surface area contributed by atoms with Gasteiger partial charge in [-0.2, -0.15) is 0 Å². The van der Waals surface area contributed by atoms with Crippen molar-refractivity contribution in [2.75, 3.05) is 37.5 Å². The molecule has 0 saturated carbocycles. The van der Waals surface area contributed by atoms with Gasteiger partial charge in [-0.25, -0.2) is 19.6 Å². The number of benzene rings is 1. The van der Waals surface area contributed by atoms with Crippen LogP contribution in [0.3, 0.4) is 0 Å². The van der Waals surface area contributed by atoms with E-state index in [1.54, 1.807) is 29.8 Å². The molecule has 3 rings (SSSR count). The van der Waals surface area contributed by atoms with Gasteiger partial charge < -0.3 is 20.1 Å². The predicted octanol–water partition coefficient (Wildman–Crippen LogP) is 1.89. The molecule has 10 nitrogen and oxygen atoms in total. The Labute approximate surface area is 161 Å². The van der Waals surface area contributed by atoms with E-state index in [1.165, 1.54) is 7.11 Å². The molecule has 1 saturated heterocycles. The summed E-state index contributed by atoms with van der Waals surface area (Å²) in [7, 11) is 3.08. The molecule has 148 valence electrons. The maximum Gasteiger partial charge on any atom is 0.356 e. The summed E-state index contributed by atoms with van der Waals surface area (Å²) < 4.78 is 4.70. The third-order valence-corrected chi connectivity index (χ3v) is 3.88. The van der Waals surface area contributed by atoms with Crippen LogP contribution in [0.1, 0.15) is 16.2 Å². The van der Waals surface area contributed by atoms with Gasteiger partial charge in [0.15, 0.2) is 5.69 Å². The van der Waals surface area contributed by atoms with Gasteiger partial charge in [0, 0.05) is 37.2 Å². The number of carboxylic acid groups (broad SMARTS) is 1. The first-order valence-electron chi connectivity index (χ1n) is 8.31. The number of amides is 2. The number of aryl methyl sites for hydroxylation is 1. The number of urea groups is 1. The van der Waals surface area contributed by atoms with Crippen molar-refractivity contribution < 1.29 is 24.2 Å². The topological polar surface area (TPSA) is 125 Å². The fourth-order valence-electron chi connectivity index (χ4n) is 2.60. The number of hydrogen-bond donors (Lipinski definition) is 2. The summed E-state index contributed by atoms with van der Waals surface area (Å²) in [5.41, 5.74) is 2.34. The third-order valence-electron chi connectivity index (χ3n) is 3.88. The number of methoxy groups -OCH3 is 1. The fourth-order valence-corrected chi connectivity index (χ4v) is 2.60. The van der Waals surface area contributed by atoms with Gasteiger partial charge in [-0.3, -0.25) is 9.69 Å². The summed E-state index contributed by atoms with van der Waals surface area (Å²) in [4.78, 5) is 44.0. The summed E-state index contributed by atoms with van der Waals surface area (Å²) in [6.45, 7) is 2.86. The summed E-state index contributed by atoms with van der Waals surface area (Å²) in [6.07, 6.45) is 0. The average Bonchev–Trinajstić information content (AvgIpc) is 3.00. The summed E-state index contributed by atoms with van der Waals surface area (Å²) in [5.74, 6) is -0.226. The second kappa shape index (κ2) is 9.31. The molecular formula is C18H21N5O5. The number of nitrogens with zero attached hydrogens (tertiary/aromatic N) is 4. The van der Waals surface area contributed by atoms with E-state index < -0.39 is 5.97 Å². The van der Waals surface area contributed by atoms with E-state index in [1.807, 2.05) is 24.3 Å². The lowest BCUT2D eigenvalue weighted by molar-refractivity contribution is -0.122. The number of ether oxygens (including phenoxy) is 1. The van der Waals surface area contributed by atoms with Crippen LogP contribution >= 0.6 is 0 Å². The van der Waals surface area contributed by atoms with Crippen LogP contribution in [0.5, 0.6) is 0 Å². The van der Waals surface area contributed by atoms with Crippen LogP contribution in [0.4, 0.5) is 22.1 Å². The number of carbonyl (C=O) groups is 3. The highest BCUT2D eigenvalue weighted by Gasteiger charge is 2.26. The molecule has 1 aliphatic heterocycles. The third kappa shape index (κ3) is 4.93. The average molecular weight is 387 g/mol. The highest BCUT2D eigenvalue weighted by atomic mass is 16.5. The standard InChI is InChI=1S/C17H19N5O3.CH2O2/c1-11-9-14(15(23)25-3)20-16(18-11)19-12-5-4-6-13(10-12)22-8-7-21(2)17(22)24;2-1-3/h4-6,9-10H,7-8H2,1-3H3,(H,18,19,20);1H,(H,2,3). The fraction of sp³-hybridized carbons (Fsp3) is 0.278. The Morgan fingerprint density at radius 1 is 1.29 bits per heavy atom. The van der Waals surface area contributed by atoms with E-state index in [-0.39, 0.29) is 18.2 Å². The number of esters is 1. The Kier molecular flexibility index (Phi) is 6.85. The quantitative estimate of drug-likeness (QED) is 0.602. The van der Waals surface area contributed by atoms with Crippen molar-refractivity contribution in [2.45, 2.75) is 6.92 Å². The lowest BCUT2D eigenvalue weighted by atomic mass is 10.2. The molecule has 2 N–H and O–H groups in total. The van der Waals surface area contributed by atoms with Gasteiger partial charge >= 0.3 is 12.0 Å². The van der Waals surface area contributed by atoms with E-state index in [0.717, 1.165) is 11.4 Å². The maximum atomic E-state index is 12.1. The first-order valence-corrected chi connectivity index (χ1v) is 8.31. The molecule has 0 radical (unpaired) electrons. The number of aromatic nitrogens is 2. The minimum Gasteiger partial charge on any atom is -0.483 e. The molecule has 2 aromatic rings. The zero-order valence-corrected chi connectivity index (χ0v) is 15.7. The highest BCUT2D eigenvalue weighted by molar-refractivity contribution is 5.94. The molecule has 0 spiro atoms. The minimum absolute atomic E-state index is 0.0306. The number of likely N-dealkylation sites (N-methyl/N-ethyl adjacent to an activating group) is 1. The number of hydrogen-bond acceptors (Lipinski definition) is 7. The first kappa shape index (κ1) is 20.6. The molecule has 0 atom stereocenters. The Hall–Kier alpha value is -3.69. The molecule has 2 amide bonds. The zero-order chi connectivity index (χ0) is 20.7. The number of rotatable bonds is 4. The Balaban J connectivity index is 0.000000878. The molecule has 1 aromatic heterocycles. The maximum absolute atomic E-state index is 12.1. The van der Waals surface area contributed by atoms with Crippen molar-refractivity contribution in [2.24, 2.45) is 0 Å². The molecule has 2 heterocycles. The normalized spacial score (nSPS) is 12.9. The van der Waals surface area contributed by atoms with Crippen LogP contribution in [0.15, 0.2) is 30.3 Å². The lowest BCUT2D eigenvalue weighted by Crippen LogP contribution is -2.29. The van der Waals surface area contributed by atoms with Gasteiger partial charge in [-0.1, -0.05) is 6.07 Å². The summed E-state index contributed by atoms with van der Waals surface area (Å²) in [5, 5.41) is 9.96. The summed E-state index contributed by atoms with van der Waals surface area (Å²) in [6, 6.07) is 8.95. The zero-order valence-electron chi connectivity index (χ0n) is 15.7. The van der Waals surface area contributed by atoms with Crippen LogP contribution in [-0.4, -0.2) is 65.7 Å². The van der Waals surface area contributed by atoms with E-state index >= 15 is 0 Å². The molecule has 1 fully saturated rings. The van der Waals surface area contributed by atoms with Gasteiger partial charge in [-0.05, 0) is 31.2 Å². The van der Waals surface area contributed by atoms with Crippen LogP contribution in [-0.2, 0) is 9.53 Å². The molecule has 10 heteroatoms. The van der Waals surface area contributed by atoms with Gasteiger partial charge in [-0.15, -0.1) is 0 Å². The molecule has 0 bridgehead atoms. The van der Waals surface area contributed by atoms with Crippen LogP contribution in [0, 0.1) is 6.92 Å². The Morgan fingerprint density at radius 2 is 2.00 bits per heavy atom. The van der Waals surface area contributed by atoms with Crippen molar-refractivity contribution >= 4 is 35.8 Å². The molecule has 1 aromatic carbocycles. The highest BCUT2D eigenvalue weighted by Crippen LogP contribution is 2.24. The van der Waals surface area contributed by atoms with Crippen molar-refractivity contribution in [3.63, 3.8) is 0 Å². The van der Waals surface area contributed by atoms with Gasteiger partial charge in [0.05, 0.1) is 7.11 Å². The molecule has 0 aliphatic carbocycles. The number of anilines is 3. The Bertz CT molecular complexity index is 873. The molecule has 1 aliphatic rings. The second-order valence-corrected chi connectivity index (χ2v) is 5.85. The first-order chi connectivity index (χ1) is 13.4. The Morgan fingerprint density at radius 3 is 2.61 bits per heavy atom. The molecule has 0 unspecified atom stereocenters.